The van der Waals surface area contributed by atoms with E-state index in [2.05, 4.69) is 0 Å². The minimum absolute atomic E-state index is 0.0526. The van der Waals surface area contributed by atoms with Gasteiger partial charge in [-0.25, -0.2) is 9.59 Å². The minimum atomic E-state index is -1.85. The molecule has 0 saturated carbocycles. The van der Waals surface area contributed by atoms with Crippen LogP contribution in [0.4, 0.5) is 0 Å². The van der Waals surface area contributed by atoms with Gasteiger partial charge >= 0.3 is 11.9 Å². The van der Waals surface area contributed by atoms with Crippen LogP contribution in [0.5, 0.6) is 0 Å². The van der Waals surface area contributed by atoms with E-state index in [0.29, 0.717) is 0 Å². The summed E-state index contributed by atoms with van der Waals surface area (Å²) in [5.41, 5.74) is 0. The molecule has 68 valence electrons. The number of hydrogen-bond donors (Lipinski definition) is 3. The predicted octanol–water partition coefficient (Wildman–Crippen LogP) is -0.950. The van der Waals surface area contributed by atoms with Crippen LogP contribution in [0.25, 0.3) is 0 Å². The summed E-state index contributed by atoms with van der Waals surface area (Å²) in [5.74, 6) is -3.77. The largest absolute Gasteiger partial charge is 0.479 e. The number of carbonyl (C=O) groups excluding carboxylic acids is 1. The highest BCUT2D eigenvalue weighted by molar-refractivity contribution is 6.00. The lowest BCUT2D eigenvalue weighted by Crippen LogP contribution is -2.46. The normalized spacial score (nSPS) is 9.50. The number of carbonyl (C=O) groups is 3. The van der Waals surface area contributed by atoms with E-state index in [-0.39, 0.29) is 6.42 Å². The third kappa shape index (κ3) is 3.00. The first-order chi connectivity index (χ1) is 5.49. The zero-order chi connectivity index (χ0) is 9.72. The van der Waals surface area contributed by atoms with Gasteiger partial charge in [0.05, 0.1) is 0 Å². The molecule has 0 spiro atoms. The topological polar surface area (TPSA) is 104 Å². The summed E-state index contributed by atoms with van der Waals surface area (Å²) in [6, 6.07) is -1.85. The molecular weight excluding hydrogens is 166 g/mol. The summed E-state index contributed by atoms with van der Waals surface area (Å²) in [6.45, 7) is 1.50. The van der Waals surface area contributed by atoms with Crippen LogP contribution in [0.2, 0.25) is 0 Å². The van der Waals surface area contributed by atoms with E-state index in [0.717, 1.165) is 0 Å². The number of amides is 1. The first-order valence-corrected chi connectivity index (χ1v) is 3.24. The van der Waals surface area contributed by atoms with E-state index >= 15 is 0 Å². The fourth-order valence-electron chi connectivity index (χ4n) is 0.492. The molecule has 0 bridgehead atoms. The molecule has 0 heterocycles. The molecular formula is C6H9NO5. The average Bonchev–Trinajstić information content (AvgIpc) is 1.98. The second-order valence-corrected chi connectivity index (χ2v) is 2.03. The van der Waals surface area contributed by atoms with E-state index < -0.39 is 23.9 Å². The Morgan fingerprint density at radius 1 is 1.25 bits per heavy atom. The highest BCUT2D eigenvalue weighted by atomic mass is 16.4. The second-order valence-electron chi connectivity index (χ2n) is 2.03. The van der Waals surface area contributed by atoms with Crippen LogP contribution in [0.1, 0.15) is 13.3 Å². The van der Waals surface area contributed by atoms with E-state index in [1.807, 2.05) is 5.32 Å². The summed E-state index contributed by atoms with van der Waals surface area (Å²) in [7, 11) is 0. The summed E-state index contributed by atoms with van der Waals surface area (Å²) in [4.78, 5) is 31.0. The first kappa shape index (κ1) is 10.4. The van der Waals surface area contributed by atoms with Gasteiger partial charge in [0.1, 0.15) is 0 Å². The molecule has 0 aliphatic rings. The van der Waals surface area contributed by atoms with Gasteiger partial charge in [0.2, 0.25) is 11.9 Å². The van der Waals surface area contributed by atoms with Gasteiger partial charge in [-0.15, -0.1) is 0 Å². The Hall–Kier alpha value is -1.59. The number of nitrogens with one attached hydrogen (secondary N) is 1. The molecule has 0 saturated heterocycles. The molecule has 0 aliphatic carbocycles. The Kier molecular flexibility index (Phi) is 3.75. The van der Waals surface area contributed by atoms with Gasteiger partial charge < -0.3 is 15.5 Å². The maximum Gasteiger partial charge on any atom is 0.338 e. The third-order valence-electron chi connectivity index (χ3n) is 1.12. The summed E-state index contributed by atoms with van der Waals surface area (Å²) in [5, 5.41) is 18.4. The van der Waals surface area contributed by atoms with Crippen molar-refractivity contribution in [1.82, 2.24) is 5.32 Å². The molecule has 6 nitrogen and oxygen atoms in total. The lowest BCUT2D eigenvalue weighted by molar-refractivity contribution is -0.153. The number of hydrogen-bond acceptors (Lipinski definition) is 3. The monoisotopic (exact) mass is 175 g/mol. The highest BCUT2D eigenvalue weighted by Crippen LogP contribution is 1.86. The molecule has 0 aromatic rings. The number of carboxylic acid groups (broad SMARTS) is 2. The molecule has 3 N–H and O–H groups in total. The standard InChI is InChI=1S/C6H9NO5/c1-2-3(8)7-4(5(9)10)6(11)12/h4H,2H2,1H3,(H,7,8)(H,9,10)(H,11,12). The van der Waals surface area contributed by atoms with Crippen LogP contribution in [0.15, 0.2) is 0 Å². The van der Waals surface area contributed by atoms with Crippen LogP contribution >= 0.6 is 0 Å². The average molecular weight is 175 g/mol. The van der Waals surface area contributed by atoms with Gasteiger partial charge in [-0.05, 0) is 0 Å². The molecule has 0 fully saturated rings. The van der Waals surface area contributed by atoms with Crippen LogP contribution in [-0.2, 0) is 14.4 Å². The van der Waals surface area contributed by atoms with Gasteiger partial charge in [0, 0.05) is 6.42 Å². The minimum Gasteiger partial charge on any atom is -0.479 e. The van der Waals surface area contributed by atoms with Crippen molar-refractivity contribution >= 4 is 17.8 Å². The molecule has 0 atom stereocenters. The van der Waals surface area contributed by atoms with E-state index in [9.17, 15) is 14.4 Å². The van der Waals surface area contributed by atoms with Crippen molar-refractivity contribution in [1.29, 1.82) is 0 Å². The van der Waals surface area contributed by atoms with Gasteiger partial charge in [0.25, 0.3) is 0 Å². The molecule has 0 radical (unpaired) electrons. The van der Waals surface area contributed by atoms with Crippen LogP contribution in [0.3, 0.4) is 0 Å². The molecule has 0 rings (SSSR count). The maximum atomic E-state index is 10.6. The van der Waals surface area contributed by atoms with Crippen molar-refractivity contribution < 1.29 is 24.6 Å². The Balaban J connectivity index is 4.24. The zero-order valence-electron chi connectivity index (χ0n) is 6.40. The Morgan fingerprint density at radius 3 is 1.92 bits per heavy atom. The SMILES string of the molecule is CCC(=O)NC(C(=O)O)C(=O)O. The smallest absolute Gasteiger partial charge is 0.338 e. The van der Waals surface area contributed by atoms with Crippen LogP contribution < -0.4 is 5.32 Å². The molecule has 0 aliphatic heterocycles. The lowest BCUT2D eigenvalue weighted by atomic mass is 10.3. The molecule has 1 amide bonds. The van der Waals surface area contributed by atoms with Crippen molar-refractivity contribution in [2.45, 2.75) is 19.4 Å². The van der Waals surface area contributed by atoms with Crippen molar-refractivity contribution in [3.05, 3.63) is 0 Å². The van der Waals surface area contributed by atoms with E-state index in [1.54, 1.807) is 0 Å². The Morgan fingerprint density at radius 2 is 1.67 bits per heavy atom. The zero-order valence-corrected chi connectivity index (χ0v) is 6.40. The summed E-state index contributed by atoms with van der Waals surface area (Å²) < 4.78 is 0. The number of carboxylic acids is 2. The lowest BCUT2D eigenvalue weighted by Gasteiger charge is -2.07. The Bertz CT molecular complexity index is 198. The molecule has 6 heteroatoms. The molecule has 0 unspecified atom stereocenters. The van der Waals surface area contributed by atoms with Crippen molar-refractivity contribution in [2.24, 2.45) is 0 Å². The maximum absolute atomic E-state index is 10.6. The predicted molar refractivity (Wildman–Crippen MR) is 37.5 cm³/mol. The Labute approximate surface area is 68.2 Å². The fraction of sp³-hybridized carbons (Fsp3) is 0.500. The quantitative estimate of drug-likeness (QED) is 0.478. The summed E-state index contributed by atoms with van der Waals surface area (Å²) in [6.07, 6.45) is 0.0526. The van der Waals surface area contributed by atoms with Crippen molar-refractivity contribution in [3.63, 3.8) is 0 Å². The molecule has 0 aromatic carbocycles. The van der Waals surface area contributed by atoms with Gasteiger partial charge in [0.15, 0.2) is 0 Å². The number of aliphatic carboxylic acids is 2. The van der Waals surface area contributed by atoms with Gasteiger partial charge in [-0.3, -0.25) is 4.79 Å². The third-order valence-corrected chi connectivity index (χ3v) is 1.12. The van der Waals surface area contributed by atoms with Crippen molar-refractivity contribution in [2.75, 3.05) is 0 Å². The van der Waals surface area contributed by atoms with E-state index in [4.69, 9.17) is 10.2 Å². The molecule has 12 heavy (non-hydrogen) atoms. The van der Waals surface area contributed by atoms with Crippen molar-refractivity contribution in [3.8, 4) is 0 Å². The van der Waals surface area contributed by atoms with Gasteiger partial charge in [-0.1, -0.05) is 6.92 Å². The second kappa shape index (κ2) is 4.32. The van der Waals surface area contributed by atoms with Crippen LogP contribution in [0, 0.1) is 0 Å². The molecule has 0 aromatic heterocycles. The highest BCUT2D eigenvalue weighted by Gasteiger charge is 2.26. The first-order valence-electron chi connectivity index (χ1n) is 3.24. The fourth-order valence-corrected chi connectivity index (χ4v) is 0.492. The van der Waals surface area contributed by atoms with Crippen LogP contribution in [-0.4, -0.2) is 34.1 Å². The number of rotatable bonds is 4. The van der Waals surface area contributed by atoms with Gasteiger partial charge in [-0.2, -0.15) is 0 Å². The van der Waals surface area contributed by atoms with E-state index in [1.165, 1.54) is 6.92 Å². The summed E-state index contributed by atoms with van der Waals surface area (Å²) >= 11 is 0.